The second kappa shape index (κ2) is 14.7. The molecule has 1 aromatic heterocycles. The van der Waals surface area contributed by atoms with Crippen LogP contribution >= 0.6 is 22.9 Å². The Labute approximate surface area is 209 Å². The van der Waals surface area contributed by atoms with Gasteiger partial charge in [0, 0.05) is 23.3 Å². The second-order valence-electron chi connectivity index (χ2n) is 6.49. The third-order valence-corrected chi connectivity index (χ3v) is 5.43. The number of hydrogen-bond acceptors (Lipinski definition) is 8. The largest absolute Gasteiger partial charge is 0.494 e. The van der Waals surface area contributed by atoms with Gasteiger partial charge in [-0.15, -0.1) is 10.2 Å². The molecule has 1 atom stereocenters. The Balaban J connectivity index is 0.00000188. The summed E-state index contributed by atoms with van der Waals surface area (Å²) in [4.78, 5) is 0. The second-order valence-corrected chi connectivity index (χ2v) is 7.87. The van der Waals surface area contributed by atoms with Crippen LogP contribution in [0.15, 0.2) is 30.3 Å². The van der Waals surface area contributed by atoms with E-state index in [9.17, 15) is 4.39 Å². The van der Waals surface area contributed by atoms with Crippen LogP contribution in [0, 0.1) is 5.82 Å². The molecule has 0 aliphatic carbocycles. The molecule has 3 aromatic rings. The number of nitrogens with two attached hydrogens (primary N) is 1. The van der Waals surface area contributed by atoms with Gasteiger partial charge in [0.05, 0.1) is 30.9 Å². The van der Waals surface area contributed by atoms with Crippen molar-refractivity contribution in [2.45, 2.75) is 41.2 Å². The maximum absolute atomic E-state index is 14.5. The van der Waals surface area contributed by atoms with Crippen LogP contribution in [-0.2, 0) is 0 Å². The van der Waals surface area contributed by atoms with Gasteiger partial charge < -0.3 is 25.1 Å². The first-order valence-electron chi connectivity index (χ1n) is 10.7. The van der Waals surface area contributed by atoms with E-state index in [1.54, 1.807) is 0 Å². The fourth-order valence-corrected chi connectivity index (χ4v) is 3.86. The number of benzene rings is 2. The smallest absolute Gasteiger partial charge is 0.165 e. The van der Waals surface area contributed by atoms with Crippen molar-refractivity contribution in [2.24, 2.45) is 5.73 Å². The summed E-state index contributed by atoms with van der Waals surface area (Å²) < 4.78 is 31.0. The quantitative estimate of drug-likeness (QED) is 0.352. The van der Waals surface area contributed by atoms with Crippen LogP contribution in [0.25, 0.3) is 21.1 Å². The number of nitrogens with zero attached hydrogens (tertiary/aromatic N) is 2. The Bertz CT molecular complexity index is 1010. The van der Waals surface area contributed by atoms with Crippen LogP contribution in [0.1, 0.15) is 35.1 Å². The number of aliphatic hydroxyl groups is 1. The summed E-state index contributed by atoms with van der Waals surface area (Å²) in [5.41, 5.74) is 6.75. The van der Waals surface area contributed by atoms with Gasteiger partial charge in [-0.25, -0.2) is 4.39 Å². The van der Waals surface area contributed by atoms with Gasteiger partial charge in [-0.1, -0.05) is 44.2 Å². The summed E-state index contributed by atoms with van der Waals surface area (Å²) in [6.45, 7) is 8.53. The van der Waals surface area contributed by atoms with E-state index in [1.165, 1.54) is 23.5 Å². The van der Waals surface area contributed by atoms with Crippen LogP contribution in [0.2, 0.25) is 5.02 Å². The minimum atomic E-state index is -0.613. The molecule has 0 aliphatic rings. The van der Waals surface area contributed by atoms with E-state index in [0.29, 0.717) is 40.3 Å². The van der Waals surface area contributed by atoms with E-state index in [2.05, 4.69) is 10.2 Å². The molecule has 0 saturated heterocycles. The normalized spacial score (nSPS) is 11.1. The highest BCUT2D eigenvalue weighted by Gasteiger charge is 2.17. The number of halogens is 2. The fraction of sp³-hybridized carbons (Fsp3) is 0.417. The molecule has 2 aromatic carbocycles. The van der Waals surface area contributed by atoms with Crippen molar-refractivity contribution in [3.8, 4) is 38.4 Å². The first-order chi connectivity index (χ1) is 15.9. The zero-order valence-electron chi connectivity index (χ0n) is 19.1. The lowest BCUT2D eigenvalue weighted by atomic mass is 10.2. The molecule has 188 valence electrons. The van der Waals surface area contributed by atoms with Gasteiger partial charge in [0.1, 0.15) is 28.1 Å². The molecule has 0 fully saturated rings. The highest BCUT2D eigenvalue weighted by molar-refractivity contribution is 7.18. The first kappa shape index (κ1) is 29.6. The molecule has 0 unspecified atom stereocenters. The molecule has 0 amide bonds. The standard InChI is InChI=1S/C21H23ClFN3O4S.C2H6.CH4/c1-3-28-14-5-12(6-15(7-14)29-4-2)20-25-26-21(31-20)16-8-18(23)19(9-17(16)22)30-11-13(24)10-27;1-2;/h5-9,13,27H,3-4,10-11,24H2,1-2H3;1-2H3;1H4/t13-;;/m1../s1. The van der Waals surface area contributed by atoms with Crippen LogP contribution in [0.4, 0.5) is 4.39 Å². The van der Waals surface area contributed by atoms with Crippen LogP contribution in [0.3, 0.4) is 0 Å². The number of hydrogen-bond donors (Lipinski definition) is 2. The van der Waals surface area contributed by atoms with Crippen molar-refractivity contribution in [2.75, 3.05) is 26.4 Å². The predicted molar refractivity (Wildman–Crippen MR) is 137 cm³/mol. The third kappa shape index (κ3) is 7.80. The average molecular weight is 514 g/mol. The Morgan fingerprint density at radius 1 is 1.00 bits per heavy atom. The lowest BCUT2D eigenvalue weighted by molar-refractivity contribution is 0.202. The van der Waals surface area contributed by atoms with Crippen molar-refractivity contribution < 1.29 is 23.7 Å². The Kier molecular flexibility index (Phi) is 12.8. The van der Waals surface area contributed by atoms with E-state index in [4.69, 9.17) is 36.7 Å². The van der Waals surface area contributed by atoms with E-state index < -0.39 is 11.9 Å². The molecule has 3 N–H and O–H groups in total. The summed E-state index contributed by atoms with van der Waals surface area (Å²) >= 11 is 7.61. The molecule has 0 radical (unpaired) electrons. The van der Waals surface area contributed by atoms with Crippen molar-refractivity contribution in [3.05, 3.63) is 41.2 Å². The number of ether oxygens (including phenoxy) is 3. The van der Waals surface area contributed by atoms with Crippen molar-refractivity contribution in [1.29, 1.82) is 0 Å². The molecule has 1 heterocycles. The van der Waals surface area contributed by atoms with Gasteiger partial charge in [0.2, 0.25) is 0 Å². The molecule has 7 nitrogen and oxygen atoms in total. The molecule has 3 rings (SSSR count). The van der Waals surface area contributed by atoms with Gasteiger partial charge in [0.25, 0.3) is 0 Å². The minimum Gasteiger partial charge on any atom is -0.494 e. The van der Waals surface area contributed by atoms with E-state index in [0.717, 1.165) is 5.56 Å². The van der Waals surface area contributed by atoms with Gasteiger partial charge in [-0.05, 0) is 32.0 Å². The maximum Gasteiger partial charge on any atom is 0.165 e. The number of aromatic nitrogens is 2. The Hall–Kier alpha value is -2.46. The van der Waals surface area contributed by atoms with Crippen LogP contribution < -0.4 is 19.9 Å². The van der Waals surface area contributed by atoms with Gasteiger partial charge >= 0.3 is 0 Å². The monoisotopic (exact) mass is 513 g/mol. The zero-order valence-corrected chi connectivity index (χ0v) is 20.7. The maximum atomic E-state index is 14.5. The molecule has 0 aliphatic heterocycles. The Morgan fingerprint density at radius 2 is 1.59 bits per heavy atom. The van der Waals surface area contributed by atoms with Gasteiger partial charge in [0.15, 0.2) is 11.6 Å². The molecule has 0 saturated carbocycles. The first-order valence-corrected chi connectivity index (χ1v) is 11.9. The summed E-state index contributed by atoms with van der Waals surface area (Å²) in [5.74, 6) is 0.658. The van der Waals surface area contributed by atoms with E-state index >= 15 is 0 Å². The number of rotatable bonds is 10. The summed E-state index contributed by atoms with van der Waals surface area (Å²) in [7, 11) is 0. The van der Waals surface area contributed by atoms with Crippen molar-refractivity contribution >= 4 is 22.9 Å². The summed E-state index contributed by atoms with van der Waals surface area (Å²) in [5, 5.41) is 18.7. The number of aliphatic hydroxyl groups excluding tert-OH is 1. The van der Waals surface area contributed by atoms with E-state index in [1.807, 2.05) is 45.9 Å². The van der Waals surface area contributed by atoms with Crippen LogP contribution in [0.5, 0.6) is 17.2 Å². The SMILES string of the molecule is C.CC.CCOc1cc(OCC)cc(-c2nnc(-c3cc(F)c(OC[C@H](N)CO)cc3Cl)s2)c1. The average Bonchev–Trinajstić information content (AvgIpc) is 3.31. The van der Waals surface area contributed by atoms with Crippen molar-refractivity contribution in [1.82, 2.24) is 10.2 Å². The third-order valence-electron chi connectivity index (χ3n) is 4.11. The minimum absolute atomic E-state index is 0. The fourth-order valence-electron chi connectivity index (χ4n) is 2.70. The molecule has 0 spiro atoms. The molecular weight excluding hydrogens is 481 g/mol. The molecule has 10 heteroatoms. The lowest BCUT2D eigenvalue weighted by Crippen LogP contribution is -2.31. The molecule has 34 heavy (non-hydrogen) atoms. The summed E-state index contributed by atoms with van der Waals surface area (Å²) in [6.07, 6.45) is 0. The molecular formula is C24H33ClFN3O4S. The lowest BCUT2D eigenvalue weighted by Gasteiger charge is -2.12. The van der Waals surface area contributed by atoms with Crippen molar-refractivity contribution in [3.63, 3.8) is 0 Å². The Morgan fingerprint density at radius 3 is 2.15 bits per heavy atom. The molecule has 0 bridgehead atoms. The highest BCUT2D eigenvalue weighted by atomic mass is 35.5. The highest BCUT2D eigenvalue weighted by Crippen LogP contribution is 2.38. The van der Waals surface area contributed by atoms with E-state index in [-0.39, 0.29) is 31.4 Å². The topological polar surface area (TPSA) is 99.7 Å². The summed E-state index contributed by atoms with van der Waals surface area (Å²) in [6, 6.07) is 7.50. The van der Waals surface area contributed by atoms with Gasteiger partial charge in [-0.2, -0.15) is 0 Å². The van der Waals surface area contributed by atoms with Gasteiger partial charge in [-0.3, -0.25) is 0 Å². The van der Waals surface area contributed by atoms with Crippen LogP contribution in [-0.4, -0.2) is 47.8 Å². The zero-order chi connectivity index (χ0) is 24.4. The predicted octanol–water partition coefficient (Wildman–Crippen LogP) is 5.82.